The van der Waals surface area contributed by atoms with Gasteiger partial charge in [0, 0.05) is 12.8 Å². The summed E-state index contributed by atoms with van der Waals surface area (Å²) in [6.45, 7) is 2.98. The summed E-state index contributed by atoms with van der Waals surface area (Å²) in [5, 5.41) is 9.65. The predicted octanol–water partition coefficient (Wildman–Crippen LogP) is 2.37. The van der Waals surface area contributed by atoms with Crippen LogP contribution in [-0.4, -0.2) is 30.0 Å². The van der Waals surface area contributed by atoms with E-state index < -0.39 is 26.5 Å². The van der Waals surface area contributed by atoms with E-state index in [0.29, 0.717) is 19.3 Å². The first-order valence-electron chi connectivity index (χ1n) is 7.26. The van der Waals surface area contributed by atoms with Crippen LogP contribution in [-0.2, 0) is 19.4 Å². The van der Waals surface area contributed by atoms with Gasteiger partial charge < -0.3 is 5.11 Å². The third-order valence-electron chi connectivity index (χ3n) is 4.54. The van der Waals surface area contributed by atoms with Gasteiger partial charge in [-0.15, -0.1) is 0 Å². The van der Waals surface area contributed by atoms with Crippen molar-refractivity contribution in [3.8, 4) is 0 Å². The normalized spacial score (nSPS) is 22.1. The Kier molecular flexibility index (Phi) is 4.42. The molecular formula is C16H20O5S. The molecule has 0 heterocycles. The van der Waals surface area contributed by atoms with Crippen molar-refractivity contribution in [3.63, 3.8) is 0 Å². The first-order chi connectivity index (χ1) is 10.2. The number of hydrogen-bond donors (Lipinski definition) is 1. The lowest BCUT2D eigenvalue weighted by molar-refractivity contribution is -0.141. The predicted molar refractivity (Wildman–Crippen MR) is 81.4 cm³/mol. The summed E-state index contributed by atoms with van der Waals surface area (Å²) in [4.78, 5) is 23.5. The van der Waals surface area contributed by atoms with Crippen molar-refractivity contribution in [2.24, 2.45) is 5.92 Å². The Morgan fingerprint density at radius 3 is 2.59 bits per heavy atom. The van der Waals surface area contributed by atoms with Gasteiger partial charge in [0.15, 0.2) is 14.6 Å². The summed E-state index contributed by atoms with van der Waals surface area (Å²) >= 11 is 0. The number of carbonyl (C=O) groups is 2. The number of aryl methyl sites for hydroxylation is 1. The van der Waals surface area contributed by atoms with E-state index >= 15 is 0 Å². The van der Waals surface area contributed by atoms with Crippen LogP contribution in [0.3, 0.4) is 0 Å². The highest BCUT2D eigenvalue weighted by Gasteiger charge is 2.54. The SMILES string of the molecule is Cc1cccc(S(=O)(=O)C(C)(C(=O)O)C2CCCC(=O)C2)c1. The number of carboxylic acid groups (broad SMARTS) is 1. The summed E-state index contributed by atoms with van der Waals surface area (Å²) in [5.41, 5.74) is 0.744. The number of hydrogen-bond acceptors (Lipinski definition) is 4. The fourth-order valence-corrected chi connectivity index (χ4v) is 4.99. The highest BCUT2D eigenvalue weighted by molar-refractivity contribution is 7.93. The number of benzene rings is 1. The van der Waals surface area contributed by atoms with Crippen LogP contribution in [0.5, 0.6) is 0 Å². The zero-order valence-corrected chi connectivity index (χ0v) is 13.5. The van der Waals surface area contributed by atoms with Crippen LogP contribution in [0.15, 0.2) is 29.2 Å². The van der Waals surface area contributed by atoms with Crippen molar-refractivity contribution in [3.05, 3.63) is 29.8 Å². The zero-order chi connectivity index (χ0) is 16.5. The Balaban J connectivity index is 2.55. The molecule has 0 saturated heterocycles. The van der Waals surface area contributed by atoms with Crippen LogP contribution < -0.4 is 0 Å². The molecule has 0 aromatic heterocycles. The van der Waals surface area contributed by atoms with Crippen molar-refractivity contribution in [2.75, 3.05) is 0 Å². The molecule has 0 radical (unpaired) electrons. The van der Waals surface area contributed by atoms with E-state index in [-0.39, 0.29) is 17.1 Å². The quantitative estimate of drug-likeness (QED) is 0.918. The molecule has 2 rings (SSSR count). The minimum atomic E-state index is -4.10. The highest BCUT2D eigenvalue weighted by atomic mass is 32.2. The number of ketones is 1. The maximum Gasteiger partial charge on any atom is 0.325 e. The van der Waals surface area contributed by atoms with E-state index in [1.54, 1.807) is 19.1 Å². The van der Waals surface area contributed by atoms with E-state index in [1.165, 1.54) is 19.1 Å². The molecule has 120 valence electrons. The third kappa shape index (κ3) is 2.67. The van der Waals surface area contributed by atoms with E-state index in [4.69, 9.17) is 0 Å². The Hall–Kier alpha value is -1.69. The molecule has 6 heteroatoms. The maximum absolute atomic E-state index is 13.0. The molecule has 1 aliphatic carbocycles. The Morgan fingerprint density at radius 1 is 1.36 bits per heavy atom. The van der Waals surface area contributed by atoms with Crippen molar-refractivity contribution in [1.29, 1.82) is 0 Å². The molecule has 0 amide bonds. The molecular weight excluding hydrogens is 304 g/mol. The summed E-state index contributed by atoms with van der Waals surface area (Å²) in [5.74, 6) is -2.16. The minimum absolute atomic E-state index is 0.00424. The largest absolute Gasteiger partial charge is 0.480 e. The number of aliphatic carboxylic acids is 1. The van der Waals surface area contributed by atoms with Gasteiger partial charge in [0.05, 0.1) is 4.90 Å². The highest BCUT2D eigenvalue weighted by Crippen LogP contribution is 2.40. The topological polar surface area (TPSA) is 88.5 Å². The number of carbonyl (C=O) groups excluding carboxylic acids is 1. The molecule has 2 atom stereocenters. The summed E-state index contributed by atoms with van der Waals surface area (Å²) in [7, 11) is -4.10. The summed E-state index contributed by atoms with van der Waals surface area (Å²) in [6, 6.07) is 6.23. The van der Waals surface area contributed by atoms with Gasteiger partial charge in [-0.2, -0.15) is 0 Å². The monoisotopic (exact) mass is 324 g/mol. The Morgan fingerprint density at radius 2 is 2.05 bits per heavy atom. The average Bonchev–Trinajstić information content (AvgIpc) is 2.46. The Bertz CT molecular complexity index is 707. The van der Waals surface area contributed by atoms with Crippen LogP contribution in [0, 0.1) is 12.8 Å². The lowest BCUT2D eigenvalue weighted by atomic mass is 9.79. The van der Waals surface area contributed by atoms with Crippen LogP contribution in [0.2, 0.25) is 0 Å². The zero-order valence-electron chi connectivity index (χ0n) is 12.7. The molecule has 0 aliphatic heterocycles. The molecule has 1 aromatic carbocycles. The van der Waals surface area contributed by atoms with Gasteiger partial charge >= 0.3 is 5.97 Å². The summed E-state index contributed by atoms with van der Waals surface area (Å²) in [6.07, 6.45) is 1.37. The van der Waals surface area contributed by atoms with E-state index in [1.807, 2.05) is 0 Å². The minimum Gasteiger partial charge on any atom is -0.480 e. The third-order valence-corrected chi connectivity index (χ3v) is 7.04. The van der Waals surface area contributed by atoms with Gasteiger partial charge in [0.1, 0.15) is 5.78 Å². The van der Waals surface area contributed by atoms with Crippen LogP contribution in [0.1, 0.15) is 38.2 Å². The van der Waals surface area contributed by atoms with Gasteiger partial charge in [0.2, 0.25) is 0 Å². The lowest BCUT2D eigenvalue weighted by Crippen LogP contribution is -2.51. The number of carboxylic acids is 1. The van der Waals surface area contributed by atoms with Crippen LogP contribution >= 0.6 is 0 Å². The molecule has 1 aliphatic rings. The number of Topliss-reactive ketones (excluding diaryl/α,β-unsaturated/α-hetero) is 1. The molecule has 1 saturated carbocycles. The smallest absolute Gasteiger partial charge is 0.325 e. The fourth-order valence-electron chi connectivity index (χ4n) is 3.03. The van der Waals surface area contributed by atoms with E-state index in [9.17, 15) is 23.1 Å². The summed E-state index contributed by atoms with van der Waals surface area (Å²) < 4.78 is 23.9. The lowest BCUT2D eigenvalue weighted by Gasteiger charge is -2.35. The van der Waals surface area contributed by atoms with Gasteiger partial charge in [-0.25, -0.2) is 8.42 Å². The van der Waals surface area contributed by atoms with Gasteiger partial charge in [-0.05, 0) is 50.3 Å². The standard InChI is InChI=1S/C16H20O5S/c1-11-5-3-8-14(9-11)22(20,21)16(2,15(18)19)12-6-4-7-13(17)10-12/h3,5,8-9,12H,4,6-7,10H2,1-2H3,(H,18,19). The molecule has 1 aromatic rings. The number of sulfone groups is 1. The van der Waals surface area contributed by atoms with Crippen LogP contribution in [0.4, 0.5) is 0 Å². The van der Waals surface area contributed by atoms with Gasteiger partial charge in [-0.1, -0.05) is 12.1 Å². The Labute approximate surface area is 130 Å². The first kappa shape index (κ1) is 16.7. The second-order valence-electron chi connectivity index (χ2n) is 6.06. The van der Waals surface area contributed by atoms with E-state index in [2.05, 4.69) is 0 Å². The molecule has 22 heavy (non-hydrogen) atoms. The second-order valence-corrected chi connectivity index (χ2v) is 8.39. The molecule has 2 unspecified atom stereocenters. The van der Waals surface area contributed by atoms with Crippen molar-refractivity contribution < 1.29 is 23.1 Å². The molecule has 1 fully saturated rings. The molecule has 5 nitrogen and oxygen atoms in total. The van der Waals surface area contributed by atoms with Crippen molar-refractivity contribution in [1.82, 2.24) is 0 Å². The molecule has 1 N–H and O–H groups in total. The van der Waals surface area contributed by atoms with Crippen LogP contribution in [0.25, 0.3) is 0 Å². The first-order valence-corrected chi connectivity index (χ1v) is 8.74. The van der Waals surface area contributed by atoms with Gasteiger partial charge in [-0.3, -0.25) is 9.59 Å². The fraction of sp³-hybridized carbons (Fsp3) is 0.500. The second kappa shape index (κ2) is 5.83. The molecule has 0 spiro atoms. The average molecular weight is 324 g/mol. The van der Waals surface area contributed by atoms with Crippen molar-refractivity contribution >= 4 is 21.6 Å². The number of rotatable bonds is 4. The maximum atomic E-state index is 13.0. The molecule has 0 bridgehead atoms. The van der Waals surface area contributed by atoms with Crippen molar-refractivity contribution in [2.45, 2.75) is 49.2 Å². The van der Waals surface area contributed by atoms with Gasteiger partial charge in [0.25, 0.3) is 0 Å². The van der Waals surface area contributed by atoms with E-state index in [0.717, 1.165) is 5.56 Å².